The number of hydrogen-bond acceptors (Lipinski definition) is 5. The number of aromatic amines is 1. The monoisotopic (exact) mass is 225 g/mol. The molecule has 1 saturated carbocycles. The number of aromatic nitrogens is 4. The molecule has 7 heteroatoms. The smallest absolute Gasteiger partial charge is 0.293 e. The molecule has 1 aliphatic carbocycles. The topological polar surface area (TPSA) is 92.8 Å². The Kier molecular flexibility index (Phi) is 2.63. The summed E-state index contributed by atoms with van der Waals surface area (Å²) in [6.45, 7) is 4.12. The molecule has 1 aromatic rings. The second-order valence-corrected chi connectivity index (χ2v) is 4.54. The van der Waals surface area contributed by atoms with Crippen LogP contribution < -0.4 is 5.32 Å². The number of methoxy groups -OCH3 is 1. The van der Waals surface area contributed by atoms with E-state index in [4.69, 9.17) is 4.74 Å². The molecular weight excluding hydrogens is 210 g/mol. The lowest BCUT2D eigenvalue weighted by Gasteiger charge is -2.51. The molecule has 0 radical (unpaired) electrons. The minimum absolute atomic E-state index is 0.0614. The first kappa shape index (κ1) is 11.0. The molecule has 2 atom stereocenters. The highest BCUT2D eigenvalue weighted by molar-refractivity contribution is 5.90. The number of ether oxygens (including phenoxy) is 1. The van der Waals surface area contributed by atoms with Crippen molar-refractivity contribution in [2.24, 2.45) is 5.41 Å². The molecule has 1 fully saturated rings. The zero-order valence-corrected chi connectivity index (χ0v) is 9.52. The van der Waals surface area contributed by atoms with Crippen molar-refractivity contribution in [2.75, 3.05) is 7.11 Å². The van der Waals surface area contributed by atoms with Gasteiger partial charge in [0.1, 0.15) is 0 Å². The van der Waals surface area contributed by atoms with Gasteiger partial charge in [-0.2, -0.15) is 5.21 Å². The van der Waals surface area contributed by atoms with Crippen LogP contribution in [0.4, 0.5) is 0 Å². The molecule has 1 aromatic heterocycles. The molecule has 1 heterocycles. The highest BCUT2D eigenvalue weighted by Gasteiger charge is 2.49. The van der Waals surface area contributed by atoms with Gasteiger partial charge < -0.3 is 10.1 Å². The van der Waals surface area contributed by atoms with E-state index in [1.165, 1.54) is 0 Å². The number of carbonyl (C=O) groups excluding carboxylic acids is 1. The van der Waals surface area contributed by atoms with Gasteiger partial charge in [0.2, 0.25) is 0 Å². The van der Waals surface area contributed by atoms with Crippen molar-refractivity contribution in [1.29, 1.82) is 0 Å². The van der Waals surface area contributed by atoms with E-state index in [2.05, 4.69) is 39.8 Å². The summed E-state index contributed by atoms with van der Waals surface area (Å²) in [5.41, 5.74) is -0.0614. The van der Waals surface area contributed by atoms with E-state index < -0.39 is 0 Å². The number of nitrogens with zero attached hydrogens (tertiary/aromatic N) is 3. The fourth-order valence-electron chi connectivity index (χ4n) is 2.01. The van der Waals surface area contributed by atoms with Gasteiger partial charge >= 0.3 is 0 Å². The normalized spacial score (nSPS) is 27.2. The fourth-order valence-corrected chi connectivity index (χ4v) is 2.01. The largest absolute Gasteiger partial charge is 0.381 e. The Bertz CT molecular complexity index is 375. The molecular formula is C9H15N5O2. The van der Waals surface area contributed by atoms with E-state index in [9.17, 15) is 4.79 Å². The van der Waals surface area contributed by atoms with Crippen molar-refractivity contribution < 1.29 is 9.53 Å². The van der Waals surface area contributed by atoms with Gasteiger partial charge in [-0.1, -0.05) is 13.8 Å². The van der Waals surface area contributed by atoms with Gasteiger partial charge in [0.05, 0.1) is 6.10 Å². The number of H-pyrrole nitrogens is 1. The Morgan fingerprint density at radius 1 is 1.62 bits per heavy atom. The SMILES string of the molecule is COC1CC(NC(=O)c2nn[nH]n2)C1(C)C. The Labute approximate surface area is 92.9 Å². The highest BCUT2D eigenvalue weighted by Crippen LogP contribution is 2.42. The van der Waals surface area contributed by atoms with Crippen LogP contribution in [0.2, 0.25) is 0 Å². The molecule has 2 N–H and O–H groups in total. The molecule has 1 aliphatic rings. The second-order valence-electron chi connectivity index (χ2n) is 4.54. The average molecular weight is 225 g/mol. The number of rotatable bonds is 3. The zero-order chi connectivity index (χ0) is 11.8. The maximum Gasteiger partial charge on any atom is 0.293 e. The van der Waals surface area contributed by atoms with Crippen LogP contribution in [-0.2, 0) is 4.74 Å². The molecule has 16 heavy (non-hydrogen) atoms. The predicted octanol–water partition coefficient (Wildman–Crippen LogP) is -0.257. The summed E-state index contributed by atoms with van der Waals surface area (Å²) in [5, 5.41) is 15.7. The third kappa shape index (κ3) is 1.67. The Balaban J connectivity index is 1.95. The molecule has 2 unspecified atom stereocenters. The predicted molar refractivity (Wildman–Crippen MR) is 54.6 cm³/mol. The van der Waals surface area contributed by atoms with Gasteiger partial charge in [0, 0.05) is 18.6 Å². The average Bonchev–Trinajstić information content (AvgIpc) is 2.76. The summed E-state index contributed by atoms with van der Waals surface area (Å²) in [6.07, 6.45) is 0.996. The van der Waals surface area contributed by atoms with E-state index in [-0.39, 0.29) is 29.3 Å². The Morgan fingerprint density at radius 2 is 2.38 bits per heavy atom. The van der Waals surface area contributed by atoms with Gasteiger partial charge in [-0.25, -0.2) is 0 Å². The van der Waals surface area contributed by atoms with Crippen LogP contribution in [0.5, 0.6) is 0 Å². The molecule has 2 rings (SSSR count). The highest BCUT2D eigenvalue weighted by atomic mass is 16.5. The lowest BCUT2D eigenvalue weighted by molar-refractivity contribution is -0.0943. The summed E-state index contributed by atoms with van der Waals surface area (Å²) >= 11 is 0. The summed E-state index contributed by atoms with van der Waals surface area (Å²) < 4.78 is 5.30. The van der Waals surface area contributed by atoms with Gasteiger partial charge in [0.15, 0.2) is 0 Å². The van der Waals surface area contributed by atoms with Crippen molar-refractivity contribution in [3.8, 4) is 0 Å². The van der Waals surface area contributed by atoms with Crippen LogP contribution in [-0.4, -0.2) is 45.8 Å². The van der Waals surface area contributed by atoms with Crippen molar-refractivity contribution in [1.82, 2.24) is 25.9 Å². The van der Waals surface area contributed by atoms with Crippen LogP contribution in [0.1, 0.15) is 30.9 Å². The van der Waals surface area contributed by atoms with E-state index in [1.54, 1.807) is 7.11 Å². The quantitative estimate of drug-likeness (QED) is 0.739. The van der Waals surface area contributed by atoms with Gasteiger partial charge in [-0.05, 0) is 11.6 Å². The summed E-state index contributed by atoms with van der Waals surface area (Å²) in [4.78, 5) is 11.7. The lowest BCUT2D eigenvalue weighted by atomic mass is 9.64. The molecule has 88 valence electrons. The van der Waals surface area contributed by atoms with Crippen LogP contribution in [0.3, 0.4) is 0 Å². The first-order valence-electron chi connectivity index (χ1n) is 5.13. The van der Waals surface area contributed by atoms with Crippen molar-refractivity contribution in [2.45, 2.75) is 32.4 Å². The summed E-state index contributed by atoms with van der Waals surface area (Å²) in [6, 6.07) is 0.0865. The van der Waals surface area contributed by atoms with E-state index in [1.807, 2.05) is 0 Å². The van der Waals surface area contributed by atoms with Crippen LogP contribution in [0.25, 0.3) is 0 Å². The number of nitrogens with one attached hydrogen (secondary N) is 2. The lowest BCUT2D eigenvalue weighted by Crippen LogP contribution is -2.61. The Morgan fingerprint density at radius 3 is 2.88 bits per heavy atom. The van der Waals surface area contributed by atoms with Crippen LogP contribution in [0.15, 0.2) is 0 Å². The summed E-state index contributed by atoms with van der Waals surface area (Å²) in [7, 11) is 1.68. The van der Waals surface area contributed by atoms with Gasteiger partial charge in [0.25, 0.3) is 11.7 Å². The minimum Gasteiger partial charge on any atom is -0.381 e. The maximum absolute atomic E-state index is 11.7. The zero-order valence-electron chi connectivity index (χ0n) is 9.52. The fraction of sp³-hybridized carbons (Fsp3) is 0.778. The molecule has 0 saturated heterocycles. The third-order valence-corrected chi connectivity index (χ3v) is 3.32. The molecule has 0 aliphatic heterocycles. The second kappa shape index (κ2) is 3.82. The summed E-state index contributed by atoms with van der Waals surface area (Å²) in [5.74, 6) is -0.238. The van der Waals surface area contributed by atoms with Crippen molar-refractivity contribution in [3.63, 3.8) is 0 Å². The molecule has 1 amide bonds. The third-order valence-electron chi connectivity index (χ3n) is 3.32. The molecule has 0 aromatic carbocycles. The van der Waals surface area contributed by atoms with Gasteiger partial charge in [-0.3, -0.25) is 4.79 Å². The number of carbonyl (C=O) groups is 1. The minimum atomic E-state index is -0.304. The number of hydrogen-bond donors (Lipinski definition) is 2. The first-order valence-corrected chi connectivity index (χ1v) is 5.13. The van der Waals surface area contributed by atoms with E-state index in [0.717, 1.165) is 6.42 Å². The van der Waals surface area contributed by atoms with Crippen LogP contribution >= 0.6 is 0 Å². The number of tetrazole rings is 1. The van der Waals surface area contributed by atoms with Crippen LogP contribution in [0, 0.1) is 5.41 Å². The molecule has 0 bridgehead atoms. The van der Waals surface area contributed by atoms with Gasteiger partial charge in [-0.15, -0.1) is 10.2 Å². The first-order chi connectivity index (χ1) is 7.55. The standard InChI is InChI=1S/C9H15N5O2/c1-9(2)5(4-6(9)16-3)10-8(15)7-11-13-14-12-7/h5-6H,4H2,1-3H3,(H,10,15)(H,11,12,13,14). The number of amides is 1. The van der Waals surface area contributed by atoms with Crippen molar-refractivity contribution in [3.05, 3.63) is 5.82 Å². The van der Waals surface area contributed by atoms with E-state index in [0.29, 0.717) is 0 Å². The molecule has 0 spiro atoms. The van der Waals surface area contributed by atoms with Crippen molar-refractivity contribution >= 4 is 5.91 Å². The Hall–Kier alpha value is -1.50. The maximum atomic E-state index is 11.7. The van der Waals surface area contributed by atoms with E-state index >= 15 is 0 Å². The molecule has 7 nitrogen and oxygen atoms in total.